The molecule has 1 amide bonds. The van der Waals surface area contributed by atoms with Crippen LogP contribution in [0.2, 0.25) is 0 Å². The Hall–Kier alpha value is -2.98. The molecule has 0 saturated carbocycles. The number of pyridine rings is 1. The summed E-state index contributed by atoms with van der Waals surface area (Å²) in [4.78, 5) is 24.6. The Morgan fingerprint density at radius 2 is 2.13 bits per heavy atom. The van der Waals surface area contributed by atoms with E-state index in [1.807, 2.05) is 24.3 Å². The van der Waals surface area contributed by atoms with Gasteiger partial charge in [0.05, 0.1) is 37.3 Å². The first kappa shape index (κ1) is 21.3. The van der Waals surface area contributed by atoms with E-state index in [1.54, 1.807) is 18.3 Å². The third-order valence-electron chi connectivity index (χ3n) is 4.92. The van der Waals surface area contributed by atoms with Crippen molar-refractivity contribution in [2.45, 2.75) is 44.9 Å². The van der Waals surface area contributed by atoms with Gasteiger partial charge in [-0.25, -0.2) is 9.97 Å². The average molecular weight is 424 g/mol. The first-order chi connectivity index (χ1) is 15.0. The van der Waals surface area contributed by atoms with E-state index in [0.29, 0.717) is 35.5 Å². The van der Waals surface area contributed by atoms with Crippen LogP contribution < -0.4 is 5.32 Å². The molecule has 1 aliphatic heterocycles. The van der Waals surface area contributed by atoms with Crippen molar-refractivity contribution in [1.29, 1.82) is 0 Å². The smallest absolute Gasteiger partial charge is 0.222 e. The van der Waals surface area contributed by atoms with Crippen LogP contribution in [-0.4, -0.2) is 56.2 Å². The zero-order chi connectivity index (χ0) is 21.8. The summed E-state index contributed by atoms with van der Waals surface area (Å²) in [6, 6.07) is 11.1. The van der Waals surface area contributed by atoms with Gasteiger partial charge in [-0.05, 0) is 23.8 Å². The monoisotopic (exact) mass is 424 g/mol. The average Bonchev–Trinajstić information content (AvgIpc) is 2.76. The van der Waals surface area contributed by atoms with E-state index in [9.17, 15) is 15.0 Å². The second kappa shape index (κ2) is 9.44. The van der Waals surface area contributed by atoms with Gasteiger partial charge in [-0.15, -0.1) is 0 Å². The van der Waals surface area contributed by atoms with Gasteiger partial charge in [0.15, 0.2) is 11.9 Å². The van der Waals surface area contributed by atoms with E-state index in [-0.39, 0.29) is 19.1 Å². The largest absolute Gasteiger partial charge is 0.394 e. The molecular formula is C22H24N4O5. The third-order valence-corrected chi connectivity index (χ3v) is 4.92. The number of hydrogen-bond acceptors (Lipinski definition) is 8. The molecule has 1 saturated heterocycles. The topological polar surface area (TPSA) is 127 Å². The molecule has 1 aromatic carbocycles. The summed E-state index contributed by atoms with van der Waals surface area (Å²) in [5.41, 5.74) is 3.46. The van der Waals surface area contributed by atoms with E-state index in [1.165, 1.54) is 6.92 Å². The van der Waals surface area contributed by atoms with Gasteiger partial charge in [0.25, 0.3) is 0 Å². The number of ether oxygens (including phenoxy) is 2. The van der Waals surface area contributed by atoms with Gasteiger partial charge in [-0.3, -0.25) is 9.78 Å². The van der Waals surface area contributed by atoms with Crippen LogP contribution >= 0.6 is 0 Å². The van der Waals surface area contributed by atoms with Crippen LogP contribution in [0.1, 0.15) is 25.3 Å². The van der Waals surface area contributed by atoms with Crippen LogP contribution in [0.5, 0.6) is 0 Å². The number of hydrogen-bond donors (Lipinski definition) is 3. The number of nitrogens with zero attached hydrogens (tertiary/aromatic N) is 3. The summed E-state index contributed by atoms with van der Waals surface area (Å²) >= 11 is 0. The molecule has 9 nitrogen and oxygen atoms in total. The SMILES string of the molecule is CC(=O)Nc1ccc2ncc(-c3cccc(COC4CC(O)CC(CO)O4)c3)nc2n1. The second-order valence-electron chi connectivity index (χ2n) is 7.48. The highest BCUT2D eigenvalue weighted by Gasteiger charge is 2.28. The number of aromatic nitrogens is 3. The van der Waals surface area contributed by atoms with Crippen LogP contribution in [0.3, 0.4) is 0 Å². The Morgan fingerprint density at radius 3 is 2.94 bits per heavy atom. The second-order valence-corrected chi connectivity index (χ2v) is 7.48. The van der Waals surface area contributed by atoms with E-state index in [2.05, 4.69) is 20.3 Å². The molecule has 0 spiro atoms. The van der Waals surface area contributed by atoms with Crippen molar-refractivity contribution in [3.8, 4) is 11.3 Å². The number of fused-ring (bicyclic) bond motifs is 1. The third kappa shape index (κ3) is 5.39. The quantitative estimate of drug-likeness (QED) is 0.549. The summed E-state index contributed by atoms with van der Waals surface area (Å²) in [5, 5.41) is 21.8. The van der Waals surface area contributed by atoms with Gasteiger partial charge in [-0.2, -0.15) is 0 Å². The summed E-state index contributed by atoms with van der Waals surface area (Å²) in [6.07, 6.45) is 0.919. The molecule has 4 rings (SSSR count). The molecular weight excluding hydrogens is 400 g/mol. The highest BCUT2D eigenvalue weighted by molar-refractivity contribution is 5.88. The maximum absolute atomic E-state index is 11.3. The van der Waals surface area contributed by atoms with Crippen molar-refractivity contribution >= 4 is 22.9 Å². The van der Waals surface area contributed by atoms with Crippen molar-refractivity contribution < 1.29 is 24.5 Å². The molecule has 2 aromatic heterocycles. The van der Waals surface area contributed by atoms with Crippen LogP contribution in [0.15, 0.2) is 42.6 Å². The van der Waals surface area contributed by atoms with E-state index < -0.39 is 18.5 Å². The molecule has 0 radical (unpaired) electrons. The predicted octanol–water partition coefficient (Wildman–Crippen LogP) is 2.03. The molecule has 1 aliphatic rings. The highest BCUT2D eigenvalue weighted by atomic mass is 16.7. The molecule has 0 bridgehead atoms. The molecule has 162 valence electrons. The summed E-state index contributed by atoms with van der Waals surface area (Å²) in [5.74, 6) is 0.216. The van der Waals surface area contributed by atoms with Crippen molar-refractivity contribution in [1.82, 2.24) is 15.0 Å². The number of carbonyl (C=O) groups excluding carboxylic acids is 1. The van der Waals surface area contributed by atoms with Gasteiger partial charge >= 0.3 is 0 Å². The van der Waals surface area contributed by atoms with Gasteiger partial charge in [0, 0.05) is 25.3 Å². The molecule has 3 unspecified atom stereocenters. The number of carbonyl (C=O) groups is 1. The van der Waals surface area contributed by atoms with E-state index >= 15 is 0 Å². The number of nitrogens with one attached hydrogen (secondary N) is 1. The number of anilines is 1. The van der Waals surface area contributed by atoms with Gasteiger partial charge < -0.3 is 25.0 Å². The molecule has 3 heterocycles. The van der Waals surface area contributed by atoms with Crippen molar-refractivity contribution in [2.75, 3.05) is 11.9 Å². The summed E-state index contributed by atoms with van der Waals surface area (Å²) in [6.45, 7) is 1.56. The Morgan fingerprint density at radius 1 is 1.26 bits per heavy atom. The van der Waals surface area contributed by atoms with Gasteiger partial charge in [-0.1, -0.05) is 18.2 Å². The lowest BCUT2D eigenvalue weighted by molar-refractivity contribution is -0.226. The minimum atomic E-state index is -0.568. The first-order valence-corrected chi connectivity index (χ1v) is 10.1. The van der Waals surface area contributed by atoms with Crippen molar-refractivity contribution in [3.05, 3.63) is 48.2 Å². The van der Waals surface area contributed by atoms with Crippen molar-refractivity contribution in [3.63, 3.8) is 0 Å². The summed E-state index contributed by atoms with van der Waals surface area (Å²) in [7, 11) is 0. The van der Waals surface area contributed by atoms with Crippen LogP contribution in [-0.2, 0) is 20.9 Å². The molecule has 1 fully saturated rings. The van der Waals surface area contributed by atoms with Crippen LogP contribution in [0.25, 0.3) is 22.4 Å². The van der Waals surface area contributed by atoms with Gasteiger partial charge in [0.1, 0.15) is 11.3 Å². The predicted molar refractivity (Wildman–Crippen MR) is 113 cm³/mol. The van der Waals surface area contributed by atoms with E-state index in [0.717, 1.165) is 11.1 Å². The lowest BCUT2D eigenvalue weighted by atomic mass is 10.1. The Bertz CT molecular complexity index is 1080. The van der Waals surface area contributed by atoms with Crippen LogP contribution in [0, 0.1) is 0 Å². The molecule has 9 heteroatoms. The Kier molecular flexibility index (Phi) is 6.47. The van der Waals surface area contributed by atoms with Gasteiger partial charge in [0.2, 0.25) is 5.91 Å². The molecule has 3 aromatic rings. The standard InChI is InChI=1S/C22H24N4O5/c1-13(28)24-20-6-5-18-22(26-20)25-19(10-23-18)15-4-2-3-14(7-15)12-30-21-9-16(29)8-17(11-27)31-21/h2-7,10,16-17,21,27,29H,8-9,11-12H2,1H3,(H,24,25,26,28). The fourth-order valence-corrected chi connectivity index (χ4v) is 3.47. The first-order valence-electron chi connectivity index (χ1n) is 10.1. The fourth-order valence-electron chi connectivity index (χ4n) is 3.47. The molecule has 31 heavy (non-hydrogen) atoms. The van der Waals surface area contributed by atoms with Crippen molar-refractivity contribution in [2.24, 2.45) is 0 Å². The van der Waals surface area contributed by atoms with E-state index in [4.69, 9.17) is 9.47 Å². The number of amides is 1. The maximum atomic E-state index is 11.3. The Balaban J connectivity index is 1.49. The summed E-state index contributed by atoms with van der Waals surface area (Å²) < 4.78 is 11.4. The lowest BCUT2D eigenvalue weighted by Crippen LogP contribution is -2.38. The maximum Gasteiger partial charge on any atom is 0.222 e. The minimum Gasteiger partial charge on any atom is -0.394 e. The molecule has 3 N–H and O–H groups in total. The number of benzene rings is 1. The zero-order valence-electron chi connectivity index (χ0n) is 17.1. The zero-order valence-corrected chi connectivity index (χ0v) is 17.1. The lowest BCUT2D eigenvalue weighted by Gasteiger charge is -2.32. The number of rotatable bonds is 6. The molecule has 3 atom stereocenters. The van der Waals surface area contributed by atoms with Crippen LogP contribution in [0.4, 0.5) is 5.82 Å². The normalized spacial score (nSPS) is 21.2. The minimum absolute atomic E-state index is 0.148. The number of aliphatic hydroxyl groups is 2. The Labute approximate surface area is 179 Å². The molecule has 0 aliphatic carbocycles. The fraction of sp³-hybridized carbons (Fsp3) is 0.364. The number of aliphatic hydroxyl groups excluding tert-OH is 2. The highest BCUT2D eigenvalue weighted by Crippen LogP contribution is 2.24.